The summed E-state index contributed by atoms with van der Waals surface area (Å²) in [5.41, 5.74) is 0. The average molecular weight is 264 g/mol. The number of aryl methyl sites for hydroxylation is 1. The van der Waals surface area contributed by atoms with Gasteiger partial charge in [0.15, 0.2) is 0 Å². The lowest BCUT2D eigenvalue weighted by Gasteiger charge is -2.34. The van der Waals surface area contributed by atoms with Gasteiger partial charge < -0.3 is 5.32 Å². The van der Waals surface area contributed by atoms with E-state index in [0.29, 0.717) is 6.04 Å². The van der Waals surface area contributed by atoms with Crippen LogP contribution in [0.5, 0.6) is 0 Å². The summed E-state index contributed by atoms with van der Waals surface area (Å²) in [6.07, 6.45) is 9.56. The Kier molecular flexibility index (Phi) is 5.37. The molecule has 2 rings (SSSR count). The maximum absolute atomic E-state index is 4.38. The molecule has 0 radical (unpaired) electrons. The molecule has 1 unspecified atom stereocenters. The van der Waals surface area contributed by atoms with Crippen molar-refractivity contribution in [3.63, 3.8) is 0 Å². The lowest BCUT2D eigenvalue weighted by molar-refractivity contribution is 0.216. The molecular formula is C15H28N4. The minimum absolute atomic E-state index is 0.561. The molecule has 0 spiro atoms. The Labute approximate surface area is 117 Å². The summed E-state index contributed by atoms with van der Waals surface area (Å²) in [5.74, 6) is 2.87. The van der Waals surface area contributed by atoms with Crippen molar-refractivity contribution in [2.45, 2.75) is 58.4 Å². The molecular weight excluding hydrogens is 236 g/mol. The Morgan fingerprint density at radius 2 is 2.05 bits per heavy atom. The third-order valence-electron chi connectivity index (χ3n) is 4.71. The van der Waals surface area contributed by atoms with Gasteiger partial charge in [0, 0.05) is 19.5 Å². The molecule has 0 amide bonds. The molecule has 1 aromatic heterocycles. The maximum Gasteiger partial charge on any atom is 0.138 e. The Morgan fingerprint density at radius 3 is 2.58 bits per heavy atom. The average Bonchev–Trinajstić information content (AvgIpc) is 2.84. The highest BCUT2D eigenvalue weighted by Gasteiger charge is 2.27. The van der Waals surface area contributed by atoms with Crippen LogP contribution in [0.3, 0.4) is 0 Å². The SMILES string of the molecule is CCNC(Cc1ncnn1C)C1CCC(CC)CC1. The zero-order valence-corrected chi connectivity index (χ0v) is 12.6. The molecule has 1 heterocycles. The van der Waals surface area contributed by atoms with Crippen molar-refractivity contribution in [3.8, 4) is 0 Å². The number of aromatic nitrogens is 3. The summed E-state index contributed by atoms with van der Waals surface area (Å²) in [7, 11) is 1.99. The summed E-state index contributed by atoms with van der Waals surface area (Å²) < 4.78 is 1.90. The van der Waals surface area contributed by atoms with Gasteiger partial charge in [-0.2, -0.15) is 5.10 Å². The number of nitrogens with zero attached hydrogens (tertiary/aromatic N) is 3. The van der Waals surface area contributed by atoms with Gasteiger partial charge in [-0.3, -0.25) is 4.68 Å². The maximum atomic E-state index is 4.38. The van der Waals surface area contributed by atoms with Crippen molar-refractivity contribution in [1.82, 2.24) is 20.1 Å². The third kappa shape index (κ3) is 3.78. The van der Waals surface area contributed by atoms with E-state index in [4.69, 9.17) is 0 Å². The van der Waals surface area contributed by atoms with Crippen molar-refractivity contribution in [2.75, 3.05) is 6.54 Å². The molecule has 1 N–H and O–H groups in total. The predicted octanol–water partition coefficient (Wildman–Crippen LogP) is 2.55. The van der Waals surface area contributed by atoms with Gasteiger partial charge in [0.1, 0.15) is 12.2 Å². The van der Waals surface area contributed by atoms with Crippen LogP contribution in [0.15, 0.2) is 6.33 Å². The zero-order chi connectivity index (χ0) is 13.7. The molecule has 1 saturated carbocycles. The van der Waals surface area contributed by atoms with E-state index >= 15 is 0 Å². The van der Waals surface area contributed by atoms with E-state index in [-0.39, 0.29) is 0 Å². The number of hydrogen-bond acceptors (Lipinski definition) is 3. The van der Waals surface area contributed by atoms with Crippen LogP contribution in [-0.2, 0) is 13.5 Å². The van der Waals surface area contributed by atoms with Crippen molar-refractivity contribution >= 4 is 0 Å². The molecule has 1 aliphatic rings. The second kappa shape index (κ2) is 7.04. The normalized spacial score (nSPS) is 25.4. The van der Waals surface area contributed by atoms with Crippen LogP contribution in [0.25, 0.3) is 0 Å². The number of likely N-dealkylation sites (N-methyl/N-ethyl adjacent to an activating group) is 1. The van der Waals surface area contributed by atoms with Gasteiger partial charge in [-0.05, 0) is 31.2 Å². The molecule has 1 fully saturated rings. The van der Waals surface area contributed by atoms with Crippen LogP contribution in [0.4, 0.5) is 0 Å². The lowest BCUT2D eigenvalue weighted by Crippen LogP contribution is -2.40. The van der Waals surface area contributed by atoms with E-state index in [0.717, 1.165) is 30.6 Å². The molecule has 19 heavy (non-hydrogen) atoms. The van der Waals surface area contributed by atoms with Gasteiger partial charge in [0.05, 0.1) is 0 Å². The van der Waals surface area contributed by atoms with E-state index in [1.165, 1.54) is 32.1 Å². The molecule has 1 aromatic rings. The molecule has 0 bridgehead atoms. The number of nitrogens with one attached hydrogen (secondary N) is 1. The van der Waals surface area contributed by atoms with E-state index in [1.807, 2.05) is 11.7 Å². The first kappa shape index (κ1) is 14.5. The lowest BCUT2D eigenvalue weighted by atomic mass is 9.77. The first-order valence-electron chi connectivity index (χ1n) is 7.80. The summed E-state index contributed by atoms with van der Waals surface area (Å²) in [6, 6.07) is 0.561. The van der Waals surface area contributed by atoms with Crippen molar-refractivity contribution < 1.29 is 0 Å². The number of hydrogen-bond donors (Lipinski definition) is 1. The second-order valence-corrected chi connectivity index (χ2v) is 5.86. The highest BCUT2D eigenvalue weighted by molar-refractivity contribution is 4.92. The van der Waals surface area contributed by atoms with Gasteiger partial charge >= 0.3 is 0 Å². The minimum atomic E-state index is 0.561. The molecule has 0 saturated heterocycles. The zero-order valence-electron chi connectivity index (χ0n) is 12.6. The van der Waals surface area contributed by atoms with Gasteiger partial charge in [-0.25, -0.2) is 4.98 Å². The van der Waals surface area contributed by atoms with E-state index < -0.39 is 0 Å². The Bertz CT molecular complexity index is 366. The number of rotatable bonds is 6. The fourth-order valence-corrected chi connectivity index (χ4v) is 3.37. The van der Waals surface area contributed by atoms with Crippen molar-refractivity contribution in [3.05, 3.63) is 12.2 Å². The van der Waals surface area contributed by atoms with Gasteiger partial charge in [-0.1, -0.05) is 33.1 Å². The quantitative estimate of drug-likeness (QED) is 0.858. The Hall–Kier alpha value is -0.900. The highest BCUT2D eigenvalue weighted by atomic mass is 15.3. The molecule has 1 atom stereocenters. The standard InChI is InChI=1S/C15H28N4/c1-4-12-6-8-13(9-7-12)14(16-5-2)10-15-17-11-18-19(15)3/h11-14,16H,4-10H2,1-3H3. The Morgan fingerprint density at radius 1 is 1.32 bits per heavy atom. The molecule has 1 aliphatic carbocycles. The molecule has 0 aromatic carbocycles. The van der Waals surface area contributed by atoms with Crippen LogP contribution in [0.2, 0.25) is 0 Å². The van der Waals surface area contributed by atoms with Crippen molar-refractivity contribution in [1.29, 1.82) is 0 Å². The summed E-state index contributed by atoms with van der Waals surface area (Å²) in [4.78, 5) is 4.38. The summed E-state index contributed by atoms with van der Waals surface area (Å²) in [6.45, 7) is 5.56. The van der Waals surface area contributed by atoms with Crippen LogP contribution >= 0.6 is 0 Å². The topological polar surface area (TPSA) is 42.7 Å². The molecule has 4 nitrogen and oxygen atoms in total. The smallest absolute Gasteiger partial charge is 0.138 e. The van der Waals surface area contributed by atoms with Crippen molar-refractivity contribution in [2.24, 2.45) is 18.9 Å². The van der Waals surface area contributed by atoms with Crippen LogP contribution in [-0.4, -0.2) is 27.4 Å². The van der Waals surface area contributed by atoms with Crippen LogP contribution in [0.1, 0.15) is 51.8 Å². The fourth-order valence-electron chi connectivity index (χ4n) is 3.37. The van der Waals surface area contributed by atoms with E-state index in [1.54, 1.807) is 6.33 Å². The summed E-state index contributed by atoms with van der Waals surface area (Å²) in [5, 5.41) is 7.85. The minimum Gasteiger partial charge on any atom is -0.314 e. The first-order chi connectivity index (χ1) is 9.24. The highest BCUT2D eigenvalue weighted by Crippen LogP contribution is 2.33. The molecule has 108 valence electrons. The Balaban J connectivity index is 1.94. The largest absolute Gasteiger partial charge is 0.314 e. The van der Waals surface area contributed by atoms with E-state index in [9.17, 15) is 0 Å². The summed E-state index contributed by atoms with van der Waals surface area (Å²) >= 11 is 0. The third-order valence-corrected chi connectivity index (χ3v) is 4.71. The van der Waals surface area contributed by atoms with Gasteiger partial charge in [0.25, 0.3) is 0 Å². The van der Waals surface area contributed by atoms with Crippen LogP contribution < -0.4 is 5.32 Å². The first-order valence-corrected chi connectivity index (χ1v) is 7.80. The van der Waals surface area contributed by atoms with Crippen LogP contribution in [0, 0.1) is 11.8 Å². The molecule has 0 aliphatic heterocycles. The second-order valence-electron chi connectivity index (χ2n) is 5.86. The monoisotopic (exact) mass is 264 g/mol. The van der Waals surface area contributed by atoms with Gasteiger partial charge in [-0.15, -0.1) is 0 Å². The molecule has 4 heteroatoms. The van der Waals surface area contributed by atoms with E-state index in [2.05, 4.69) is 29.2 Å². The predicted molar refractivity (Wildman–Crippen MR) is 77.9 cm³/mol. The fraction of sp³-hybridized carbons (Fsp3) is 0.867. The van der Waals surface area contributed by atoms with Gasteiger partial charge in [0.2, 0.25) is 0 Å².